The maximum Gasteiger partial charge on any atom is 0.189 e. The first kappa shape index (κ1) is 13.1. The van der Waals surface area contributed by atoms with Crippen molar-refractivity contribution in [3.63, 3.8) is 0 Å². The summed E-state index contributed by atoms with van der Waals surface area (Å²) in [6, 6.07) is 10.8. The monoisotopic (exact) mass is 283 g/mol. The van der Waals surface area contributed by atoms with Crippen LogP contribution in [-0.2, 0) is 6.61 Å². The van der Waals surface area contributed by atoms with E-state index in [4.69, 9.17) is 9.47 Å². The molecule has 0 atom stereocenters. The second kappa shape index (κ2) is 5.62. The number of benzene rings is 1. The molecular formula is C15H13N3O3. The minimum atomic E-state index is 0.241. The minimum absolute atomic E-state index is 0.241. The summed E-state index contributed by atoms with van der Waals surface area (Å²) in [6.07, 6.45) is 2.40. The van der Waals surface area contributed by atoms with Gasteiger partial charge in [-0.25, -0.2) is 9.50 Å². The molecule has 0 spiro atoms. The molecule has 0 aliphatic heterocycles. The topological polar surface area (TPSA) is 65.7 Å². The third kappa shape index (κ3) is 2.84. The zero-order chi connectivity index (χ0) is 14.7. The summed E-state index contributed by atoms with van der Waals surface area (Å²) in [6.45, 7) is 0.241. The van der Waals surface area contributed by atoms with Crippen molar-refractivity contribution in [3.8, 4) is 11.5 Å². The number of fused-ring (bicyclic) bond motifs is 1. The van der Waals surface area contributed by atoms with Gasteiger partial charge in [-0.2, -0.15) is 0 Å². The van der Waals surface area contributed by atoms with Crippen molar-refractivity contribution >= 4 is 11.9 Å². The van der Waals surface area contributed by atoms with E-state index in [1.54, 1.807) is 36.0 Å². The van der Waals surface area contributed by atoms with Crippen molar-refractivity contribution in [1.29, 1.82) is 0 Å². The highest BCUT2D eigenvalue weighted by atomic mass is 16.5. The maximum absolute atomic E-state index is 10.7. The van der Waals surface area contributed by atoms with Crippen LogP contribution in [0, 0.1) is 0 Å². The van der Waals surface area contributed by atoms with Crippen molar-refractivity contribution in [2.75, 3.05) is 7.11 Å². The molecule has 0 radical (unpaired) electrons. The molecule has 21 heavy (non-hydrogen) atoms. The average Bonchev–Trinajstić information content (AvgIpc) is 2.95. The Kier molecular flexibility index (Phi) is 3.51. The van der Waals surface area contributed by atoms with E-state index in [0.717, 1.165) is 12.0 Å². The van der Waals surface area contributed by atoms with Gasteiger partial charge in [0.15, 0.2) is 17.8 Å². The number of hydrogen-bond acceptors (Lipinski definition) is 5. The Morgan fingerprint density at radius 1 is 1.24 bits per heavy atom. The van der Waals surface area contributed by atoms with Gasteiger partial charge in [-0.15, -0.1) is 5.10 Å². The molecule has 0 aliphatic carbocycles. The van der Waals surface area contributed by atoms with Gasteiger partial charge in [0.05, 0.1) is 7.11 Å². The zero-order valence-electron chi connectivity index (χ0n) is 11.4. The first-order chi connectivity index (χ1) is 10.3. The average molecular weight is 283 g/mol. The zero-order valence-corrected chi connectivity index (χ0v) is 11.4. The number of rotatable bonds is 5. The fourth-order valence-corrected chi connectivity index (χ4v) is 1.91. The third-order valence-corrected chi connectivity index (χ3v) is 2.94. The van der Waals surface area contributed by atoms with E-state index in [1.165, 1.54) is 0 Å². The van der Waals surface area contributed by atoms with Crippen LogP contribution in [0.15, 0.2) is 42.6 Å². The van der Waals surface area contributed by atoms with Crippen molar-refractivity contribution in [2.45, 2.75) is 6.61 Å². The molecule has 6 heteroatoms. The number of carbonyl (C=O) groups excluding carboxylic acids is 1. The van der Waals surface area contributed by atoms with Crippen LogP contribution in [0.2, 0.25) is 0 Å². The number of aromatic nitrogens is 3. The number of methoxy groups -OCH3 is 1. The molecule has 0 N–H and O–H groups in total. The van der Waals surface area contributed by atoms with Crippen molar-refractivity contribution in [1.82, 2.24) is 14.6 Å². The van der Waals surface area contributed by atoms with Crippen LogP contribution >= 0.6 is 0 Å². The molecule has 0 unspecified atom stereocenters. The lowest BCUT2D eigenvalue weighted by atomic mass is 10.3. The number of ether oxygens (including phenoxy) is 2. The Morgan fingerprint density at radius 3 is 2.90 bits per heavy atom. The molecule has 0 aliphatic rings. The van der Waals surface area contributed by atoms with E-state index in [2.05, 4.69) is 10.1 Å². The molecular weight excluding hydrogens is 270 g/mol. The van der Waals surface area contributed by atoms with E-state index < -0.39 is 0 Å². The third-order valence-electron chi connectivity index (χ3n) is 2.94. The van der Waals surface area contributed by atoms with Crippen LogP contribution in [0.5, 0.6) is 11.5 Å². The molecule has 2 heterocycles. The summed E-state index contributed by atoms with van der Waals surface area (Å²) in [5.41, 5.74) is 1.22. The highest BCUT2D eigenvalue weighted by molar-refractivity contribution is 5.74. The minimum Gasteiger partial charge on any atom is -0.497 e. The van der Waals surface area contributed by atoms with Crippen LogP contribution < -0.4 is 9.47 Å². The van der Waals surface area contributed by atoms with Gasteiger partial charge in [0.1, 0.15) is 18.1 Å². The smallest absolute Gasteiger partial charge is 0.189 e. The Labute approximate surface area is 120 Å². The highest BCUT2D eigenvalue weighted by Gasteiger charge is 2.05. The van der Waals surface area contributed by atoms with E-state index in [1.807, 2.05) is 18.2 Å². The van der Waals surface area contributed by atoms with Gasteiger partial charge in [0.25, 0.3) is 0 Å². The van der Waals surface area contributed by atoms with E-state index >= 15 is 0 Å². The fourth-order valence-electron chi connectivity index (χ4n) is 1.91. The molecule has 106 valence electrons. The lowest BCUT2D eigenvalue weighted by Gasteiger charge is -2.05. The van der Waals surface area contributed by atoms with Crippen molar-refractivity contribution in [3.05, 3.63) is 54.0 Å². The number of hydrogen-bond donors (Lipinski definition) is 0. The van der Waals surface area contributed by atoms with Gasteiger partial charge < -0.3 is 9.47 Å². The van der Waals surface area contributed by atoms with Crippen LogP contribution in [0.3, 0.4) is 0 Å². The van der Waals surface area contributed by atoms with Crippen molar-refractivity contribution in [2.24, 2.45) is 0 Å². The van der Waals surface area contributed by atoms with E-state index in [0.29, 0.717) is 22.8 Å². The van der Waals surface area contributed by atoms with Crippen LogP contribution in [0.25, 0.3) is 5.65 Å². The molecule has 0 fully saturated rings. The van der Waals surface area contributed by atoms with Gasteiger partial charge in [-0.05, 0) is 24.3 Å². The van der Waals surface area contributed by atoms with E-state index in [-0.39, 0.29) is 6.61 Å². The van der Waals surface area contributed by atoms with Gasteiger partial charge in [-0.1, -0.05) is 6.07 Å². The molecule has 1 aromatic carbocycles. The lowest BCUT2D eigenvalue weighted by molar-refractivity contribution is 0.112. The molecule has 0 amide bonds. The Bertz CT molecular complexity index is 783. The molecule has 0 saturated carbocycles. The predicted octanol–water partition coefficient (Wildman–Crippen LogP) is 2.13. The Hall–Kier alpha value is -2.89. The Balaban J connectivity index is 1.76. The van der Waals surface area contributed by atoms with Crippen molar-refractivity contribution < 1.29 is 14.3 Å². The number of carbonyl (C=O) groups is 1. The molecule has 0 saturated heterocycles. The van der Waals surface area contributed by atoms with E-state index in [9.17, 15) is 4.79 Å². The molecule has 3 rings (SSSR count). The van der Waals surface area contributed by atoms with Gasteiger partial charge in [0, 0.05) is 17.8 Å². The maximum atomic E-state index is 10.7. The SMILES string of the molecule is COc1cccc(OCc2nc3ccc(C=O)cn3n2)c1. The quantitative estimate of drug-likeness (QED) is 0.671. The first-order valence-electron chi connectivity index (χ1n) is 6.36. The summed E-state index contributed by atoms with van der Waals surface area (Å²) >= 11 is 0. The van der Waals surface area contributed by atoms with Crippen LogP contribution in [-0.4, -0.2) is 28.0 Å². The van der Waals surface area contributed by atoms with Gasteiger partial charge >= 0.3 is 0 Å². The second-order valence-electron chi connectivity index (χ2n) is 4.38. The standard InChI is InChI=1S/C15H13N3O3/c1-20-12-3-2-4-13(7-12)21-10-14-16-15-6-5-11(9-19)8-18(15)17-14/h2-9H,10H2,1H3. The fraction of sp³-hybridized carbons (Fsp3) is 0.133. The molecule has 2 aromatic heterocycles. The van der Waals surface area contributed by atoms with Gasteiger partial charge in [0.2, 0.25) is 0 Å². The summed E-state index contributed by atoms with van der Waals surface area (Å²) in [4.78, 5) is 15.1. The summed E-state index contributed by atoms with van der Waals surface area (Å²) < 4.78 is 12.3. The lowest BCUT2D eigenvalue weighted by Crippen LogP contribution is -1.98. The van der Waals surface area contributed by atoms with Crippen LogP contribution in [0.1, 0.15) is 16.2 Å². The molecule has 0 bridgehead atoms. The van der Waals surface area contributed by atoms with Crippen LogP contribution in [0.4, 0.5) is 0 Å². The highest BCUT2D eigenvalue weighted by Crippen LogP contribution is 2.19. The summed E-state index contributed by atoms with van der Waals surface area (Å²) in [7, 11) is 1.60. The van der Waals surface area contributed by atoms with Gasteiger partial charge in [-0.3, -0.25) is 4.79 Å². The Morgan fingerprint density at radius 2 is 2.10 bits per heavy atom. The predicted molar refractivity (Wildman–Crippen MR) is 75.7 cm³/mol. The number of aldehydes is 1. The summed E-state index contributed by atoms with van der Waals surface area (Å²) in [5.74, 6) is 1.95. The first-order valence-corrected chi connectivity index (χ1v) is 6.36. The normalized spacial score (nSPS) is 10.5. The number of pyridine rings is 1. The summed E-state index contributed by atoms with van der Waals surface area (Å²) in [5, 5.41) is 4.27. The number of nitrogens with zero attached hydrogens (tertiary/aromatic N) is 3. The molecule has 6 nitrogen and oxygen atoms in total. The molecule has 3 aromatic rings. The second-order valence-corrected chi connectivity index (χ2v) is 4.38. The largest absolute Gasteiger partial charge is 0.497 e.